The van der Waals surface area contributed by atoms with E-state index in [1.807, 2.05) is 24.3 Å². The molecule has 1 aromatic carbocycles. The van der Waals surface area contributed by atoms with Crippen LogP contribution in [-0.2, 0) is 4.79 Å². The lowest BCUT2D eigenvalue weighted by Gasteiger charge is -2.28. The summed E-state index contributed by atoms with van der Waals surface area (Å²) in [6.07, 6.45) is 7.63. The lowest BCUT2D eigenvalue weighted by atomic mass is 9.89. The average Bonchev–Trinajstić information content (AvgIpc) is 2.78. The zero-order chi connectivity index (χ0) is 13.9. The summed E-state index contributed by atoms with van der Waals surface area (Å²) in [4.78, 5) is 13.4. The Labute approximate surface area is 124 Å². The lowest BCUT2D eigenvalue weighted by molar-refractivity contribution is -0.117. The van der Waals surface area contributed by atoms with Crippen LogP contribution in [0, 0.1) is 5.92 Å². The van der Waals surface area contributed by atoms with Gasteiger partial charge in [0, 0.05) is 29.1 Å². The Morgan fingerprint density at radius 2 is 1.90 bits per heavy atom. The Kier molecular flexibility index (Phi) is 4.32. The highest BCUT2D eigenvalue weighted by molar-refractivity contribution is 7.98. The second-order valence-electron chi connectivity index (χ2n) is 5.96. The molecule has 2 aliphatic rings. The molecule has 108 valence electrons. The van der Waals surface area contributed by atoms with E-state index in [2.05, 4.69) is 16.9 Å². The third-order valence-corrected chi connectivity index (χ3v) is 5.16. The molecule has 2 atom stereocenters. The molecule has 2 unspecified atom stereocenters. The van der Waals surface area contributed by atoms with Crippen molar-refractivity contribution in [1.82, 2.24) is 5.32 Å². The van der Waals surface area contributed by atoms with Crippen molar-refractivity contribution < 1.29 is 4.79 Å². The van der Waals surface area contributed by atoms with Crippen LogP contribution in [0.25, 0.3) is 0 Å². The second kappa shape index (κ2) is 6.19. The van der Waals surface area contributed by atoms with Crippen molar-refractivity contribution >= 4 is 23.4 Å². The number of amides is 1. The quantitative estimate of drug-likeness (QED) is 0.836. The topological polar surface area (TPSA) is 41.1 Å². The second-order valence-corrected chi connectivity index (χ2v) is 6.84. The van der Waals surface area contributed by atoms with E-state index >= 15 is 0 Å². The third kappa shape index (κ3) is 3.36. The molecule has 0 spiro atoms. The number of carbonyl (C=O) groups excluding carboxylic acids is 1. The predicted octanol–water partition coefficient (Wildman–Crippen LogP) is 3.27. The molecule has 2 saturated heterocycles. The number of fused-ring (bicyclic) bond motifs is 2. The molecule has 1 aromatic rings. The van der Waals surface area contributed by atoms with Crippen molar-refractivity contribution in [3.63, 3.8) is 0 Å². The van der Waals surface area contributed by atoms with Crippen LogP contribution in [-0.4, -0.2) is 24.2 Å². The summed E-state index contributed by atoms with van der Waals surface area (Å²) < 4.78 is 0. The standard InChI is InChI=1S/C16H22N2OS/c1-20-15-6-4-12(5-7-15)18-16(19)10-11-8-13-2-3-14(9-11)17-13/h4-7,11,13-14,17H,2-3,8-10H2,1H3,(H,18,19). The number of hydrogen-bond donors (Lipinski definition) is 2. The number of piperidine rings is 1. The van der Waals surface area contributed by atoms with E-state index in [1.165, 1.54) is 17.7 Å². The minimum atomic E-state index is 0.160. The maximum absolute atomic E-state index is 12.1. The van der Waals surface area contributed by atoms with Gasteiger partial charge in [0.1, 0.15) is 0 Å². The summed E-state index contributed by atoms with van der Waals surface area (Å²) in [5.74, 6) is 0.715. The molecule has 2 aliphatic heterocycles. The van der Waals surface area contributed by atoms with Crippen LogP contribution in [0.15, 0.2) is 29.2 Å². The molecule has 0 aromatic heterocycles. The molecule has 2 bridgehead atoms. The number of anilines is 1. The number of hydrogen-bond acceptors (Lipinski definition) is 3. The minimum Gasteiger partial charge on any atom is -0.326 e. The van der Waals surface area contributed by atoms with Gasteiger partial charge in [0.15, 0.2) is 0 Å². The molecule has 2 heterocycles. The van der Waals surface area contributed by atoms with Crippen LogP contribution in [0.2, 0.25) is 0 Å². The highest BCUT2D eigenvalue weighted by Crippen LogP contribution is 2.32. The Hall–Kier alpha value is -1.00. The fourth-order valence-electron chi connectivity index (χ4n) is 3.49. The number of thioether (sulfide) groups is 1. The van der Waals surface area contributed by atoms with E-state index in [4.69, 9.17) is 0 Å². The minimum absolute atomic E-state index is 0.160. The summed E-state index contributed by atoms with van der Waals surface area (Å²) in [6.45, 7) is 0. The van der Waals surface area contributed by atoms with Crippen molar-refractivity contribution in [1.29, 1.82) is 0 Å². The Morgan fingerprint density at radius 1 is 1.25 bits per heavy atom. The zero-order valence-electron chi connectivity index (χ0n) is 11.9. The third-order valence-electron chi connectivity index (χ3n) is 4.42. The van der Waals surface area contributed by atoms with Gasteiger partial charge in [-0.15, -0.1) is 11.8 Å². The summed E-state index contributed by atoms with van der Waals surface area (Å²) >= 11 is 1.71. The smallest absolute Gasteiger partial charge is 0.224 e. The summed E-state index contributed by atoms with van der Waals surface area (Å²) in [7, 11) is 0. The van der Waals surface area contributed by atoms with E-state index in [0.29, 0.717) is 24.4 Å². The van der Waals surface area contributed by atoms with Gasteiger partial charge in [-0.1, -0.05) is 0 Å². The maximum atomic E-state index is 12.1. The van der Waals surface area contributed by atoms with Gasteiger partial charge >= 0.3 is 0 Å². The molecule has 3 nitrogen and oxygen atoms in total. The molecule has 2 N–H and O–H groups in total. The predicted molar refractivity (Wildman–Crippen MR) is 84.1 cm³/mol. The van der Waals surface area contributed by atoms with Crippen LogP contribution in [0.1, 0.15) is 32.1 Å². The summed E-state index contributed by atoms with van der Waals surface area (Å²) in [5.41, 5.74) is 0.907. The Bertz CT molecular complexity index is 462. The van der Waals surface area contributed by atoms with Crippen molar-refractivity contribution in [2.45, 2.75) is 49.1 Å². The molecular weight excluding hydrogens is 268 g/mol. The molecule has 1 amide bonds. The molecule has 2 fully saturated rings. The van der Waals surface area contributed by atoms with Crippen LogP contribution < -0.4 is 10.6 Å². The monoisotopic (exact) mass is 290 g/mol. The maximum Gasteiger partial charge on any atom is 0.224 e. The van der Waals surface area contributed by atoms with Crippen LogP contribution in [0.5, 0.6) is 0 Å². The number of carbonyl (C=O) groups is 1. The molecule has 0 saturated carbocycles. The zero-order valence-corrected chi connectivity index (χ0v) is 12.7. The van der Waals surface area contributed by atoms with Gasteiger partial charge in [0.2, 0.25) is 5.91 Å². The fraction of sp³-hybridized carbons (Fsp3) is 0.562. The highest BCUT2D eigenvalue weighted by atomic mass is 32.2. The van der Waals surface area contributed by atoms with E-state index in [-0.39, 0.29) is 5.91 Å². The van der Waals surface area contributed by atoms with Crippen LogP contribution in [0.3, 0.4) is 0 Å². The largest absolute Gasteiger partial charge is 0.326 e. The van der Waals surface area contributed by atoms with E-state index < -0.39 is 0 Å². The first-order chi connectivity index (χ1) is 9.72. The van der Waals surface area contributed by atoms with Gasteiger partial charge in [-0.25, -0.2) is 0 Å². The summed E-state index contributed by atoms with van der Waals surface area (Å²) in [5, 5.41) is 6.64. The highest BCUT2D eigenvalue weighted by Gasteiger charge is 2.34. The molecule has 20 heavy (non-hydrogen) atoms. The molecule has 4 heteroatoms. The van der Waals surface area contributed by atoms with E-state index in [0.717, 1.165) is 18.5 Å². The normalized spacial score (nSPS) is 28.4. The van der Waals surface area contributed by atoms with Crippen molar-refractivity contribution in [2.24, 2.45) is 5.92 Å². The first-order valence-electron chi connectivity index (χ1n) is 7.43. The number of rotatable bonds is 4. The van der Waals surface area contributed by atoms with Gasteiger partial charge in [-0.05, 0) is 62.1 Å². The van der Waals surface area contributed by atoms with E-state index in [9.17, 15) is 4.79 Å². The van der Waals surface area contributed by atoms with Gasteiger partial charge < -0.3 is 10.6 Å². The number of nitrogens with one attached hydrogen (secondary N) is 2. The molecule has 0 aliphatic carbocycles. The van der Waals surface area contributed by atoms with Crippen molar-refractivity contribution in [3.05, 3.63) is 24.3 Å². The van der Waals surface area contributed by atoms with Gasteiger partial charge in [0.25, 0.3) is 0 Å². The van der Waals surface area contributed by atoms with E-state index in [1.54, 1.807) is 11.8 Å². The van der Waals surface area contributed by atoms with Crippen LogP contribution in [0.4, 0.5) is 5.69 Å². The Morgan fingerprint density at radius 3 is 2.50 bits per heavy atom. The first-order valence-corrected chi connectivity index (χ1v) is 8.65. The molecule has 3 rings (SSSR count). The SMILES string of the molecule is CSc1ccc(NC(=O)CC2CC3CCC(C2)N3)cc1. The van der Waals surface area contributed by atoms with Crippen LogP contribution >= 0.6 is 11.8 Å². The Balaban J connectivity index is 1.51. The summed E-state index contributed by atoms with van der Waals surface area (Å²) in [6, 6.07) is 9.38. The fourth-order valence-corrected chi connectivity index (χ4v) is 3.90. The number of benzene rings is 1. The van der Waals surface area contributed by atoms with Crippen molar-refractivity contribution in [2.75, 3.05) is 11.6 Å². The van der Waals surface area contributed by atoms with Gasteiger partial charge in [0.05, 0.1) is 0 Å². The average molecular weight is 290 g/mol. The van der Waals surface area contributed by atoms with Gasteiger partial charge in [-0.3, -0.25) is 4.79 Å². The molecular formula is C16H22N2OS. The van der Waals surface area contributed by atoms with Gasteiger partial charge in [-0.2, -0.15) is 0 Å². The van der Waals surface area contributed by atoms with Crippen molar-refractivity contribution in [3.8, 4) is 0 Å². The molecule has 0 radical (unpaired) electrons. The first kappa shape index (κ1) is 14.0. The lowest BCUT2D eigenvalue weighted by Crippen LogP contribution is -2.39.